The summed E-state index contributed by atoms with van der Waals surface area (Å²) in [4.78, 5) is 0. The van der Waals surface area contributed by atoms with Crippen molar-refractivity contribution in [2.45, 2.75) is 25.8 Å². The fourth-order valence-electron chi connectivity index (χ4n) is 2.66. The Bertz CT molecular complexity index is 548. The molecule has 1 heteroatoms. The van der Waals surface area contributed by atoms with Gasteiger partial charge in [0.2, 0.25) is 0 Å². The zero-order chi connectivity index (χ0) is 11.7. The number of aromatic nitrogens is 1. The summed E-state index contributed by atoms with van der Waals surface area (Å²) < 4.78 is 2.37. The van der Waals surface area contributed by atoms with Crippen molar-refractivity contribution in [2.75, 3.05) is 0 Å². The highest BCUT2D eigenvalue weighted by atomic mass is 15.0. The van der Waals surface area contributed by atoms with E-state index in [4.69, 9.17) is 0 Å². The van der Waals surface area contributed by atoms with Crippen LogP contribution in [-0.2, 0) is 6.54 Å². The zero-order valence-corrected chi connectivity index (χ0v) is 10.1. The van der Waals surface area contributed by atoms with E-state index >= 15 is 0 Å². The molecule has 0 amide bonds. The highest BCUT2D eigenvalue weighted by molar-refractivity contribution is 5.64. The largest absolute Gasteiger partial charge is 0.351 e. The standard InChI is InChI=1S/C16H17N/c1-2-11-17-12-5-8-16(17)15-10-9-13-6-3-4-7-14(13)15/h3-10,12,15H,2,11H2,1H3. The van der Waals surface area contributed by atoms with Crippen LogP contribution in [0.1, 0.15) is 36.1 Å². The molecule has 0 radical (unpaired) electrons. The maximum Gasteiger partial charge on any atom is 0.0432 e. The van der Waals surface area contributed by atoms with E-state index < -0.39 is 0 Å². The van der Waals surface area contributed by atoms with Gasteiger partial charge in [-0.15, -0.1) is 0 Å². The van der Waals surface area contributed by atoms with Crippen molar-refractivity contribution in [1.82, 2.24) is 4.57 Å². The summed E-state index contributed by atoms with van der Waals surface area (Å²) in [5.41, 5.74) is 4.21. The van der Waals surface area contributed by atoms with Crippen LogP contribution in [0.4, 0.5) is 0 Å². The van der Waals surface area contributed by atoms with Crippen molar-refractivity contribution in [2.24, 2.45) is 0 Å². The van der Waals surface area contributed by atoms with Crippen molar-refractivity contribution >= 4 is 6.08 Å². The molecule has 1 unspecified atom stereocenters. The summed E-state index contributed by atoms with van der Waals surface area (Å²) in [7, 11) is 0. The molecule has 0 bridgehead atoms. The third kappa shape index (κ3) is 1.72. The Labute approximate surface area is 102 Å². The minimum atomic E-state index is 0.438. The van der Waals surface area contributed by atoms with Gasteiger partial charge < -0.3 is 4.57 Å². The van der Waals surface area contributed by atoms with Gasteiger partial charge in [0.1, 0.15) is 0 Å². The smallest absolute Gasteiger partial charge is 0.0432 e. The molecule has 0 fully saturated rings. The van der Waals surface area contributed by atoms with E-state index in [1.54, 1.807) is 0 Å². The molecule has 1 heterocycles. The van der Waals surface area contributed by atoms with E-state index in [-0.39, 0.29) is 0 Å². The van der Waals surface area contributed by atoms with E-state index in [1.165, 1.54) is 23.2 Å². The molecule has 0 aliphatic heterocycles. The summed E-state index contributed by atoms with van der Waals surface area (Å²) >= 11 is 0. The lowest BCUT2D eigenvalue weighted by Crippen LogP contribution is -2.05. The molecule has 1 aromatic heterocycles. The van der Waals surface area contributed by atoms with Crippen molar-refractivity contribution in [3.05, 3.63) is 65.5 Å². The van der Waals surface area contributed by atoms with Crippen molar-refractivity contribution in [3.8, 4) is 0 Å². The van der Waals surface area contributed by atoms with E-state index in [0.717, 1.165) is 6.54 Å². The van der Waals surface area contributed by atoms with Gasteiger partial charge in [0, 0.05) is 24.4 Å². The highest BCUT2D eigenvalue weighted by Gasteiger charge is 2.20. The van der Waals surface area contributed by atoms with E-state index in [2.05, 4.69) is 66.2 Å². The van der Waals surface area contributed by atoms with Crippen LogP contribution in [0, 0.1) is 0 Å². The average molecular weight is 223 g/mol. The highest BCUT2D eigenvalue weighted by Crippen LogP contribution is 2.35. The van der Waals surface area contributed by atoms with Crippen LogP contribution in [0.3, 0.4) is 0 Å². The maximum absolute atomic E-state index is 2.37. The van der Waals surface area contributed by atoms with Gasteiger partial charge in [-0.3, -0.25) is 0 Å². The molecule has 86 valence electrons. The Hall–Kier alpha value is -1.76. The van der Waals surface area contributed by atoms with Crippen LogP contribution < -0.4 is 0 Å². The zero-order valence-electron chi connectivity index (χ0n) is 10.1. The summed E-state index contributed by atoms with van der Waals surface area (Å²) in [5, 5.41) is 0. The Morgan fingerprint density at radius 3 is 2.88 bits per heavy atom. The van der Waals surface area contributed by atoms with Crippen molar-refractivity contribution in [1.29, 1.82) is 0 Å². The molecule has 2 aromatic rings. The number of aryl methyl sites for hydroxylation is 1. The molecular weight excluding hydrogens is 206 g/mol. The quantitative estimate of drug-likeness (QED) is 0.739. The predicted octanol–water partition coefficient (Wildman–Crippen LogP) is 4.06. The number of allylic oxidation sites excluding steroid dienone is 1. The minimum Gasteiger partial charge on any atom is -0.351 e. The second-order valence-electron chi connectivity index (χ2n) is 4.59. The first kappa shape index (κ1) is 10.4. The molecule has 0 N–H and O–H groups in total. The third-order valence-corrected chi connectivity index (χ3v) is 3.45. The summed E-state index contributed by atoms with van der Waals surface area (Å²) in [6, 6.07) is 13.1. The number of fused-ring (bicyclic) bond motifs is 1. The van der Waals surface area contributed by atoms with Gasteiger partial charge in [-0.1, -0.05) is 43.3 Å². The van der Waals surface area contributed by atoms with E-state index in [0.29, 0.717) is 5.92 Å². The van der Waals surface area contributed by atoms with E-state index in [1.807, 2.05) is 0 Å². The molecule has 17 heavy (non-hydrogen) atoms. The fraction of sp³-hybridized carbons (Fsp3) is 0.250. The van der Waals surface area contributed by atoms with Crippen LogP contribution in [0.15, 0.2) is 48.7 Å². The second-order valence-corrected chi connectivity index (χ2v) is 4.59. The molecule has 1 aliphatic rings. The van der Waals surface area contributed by atoms with Gasteiger partial charge in [0.25, 0.3) is 0 Å². The summed E-state index contributed by atoms with van der Waals surface area (Å²) in [6.45, 7) is 3.33. The Kier molecular flexibility index (Phi) is 2.60. The van der Waals surface area contributed by atoms with Gasteiger partial charge in [-0.05, 0) is 29.7 Å². The molecule has 3 rings (SSSR count). The first-order valence-corrected chi connectivity index (χ1v) is 6.32. The van der Waals surface area contributed by atoms with Crippen molar-refractivity contribution in [3.63, 3.8) is 0 Å². The number of hydrogen-bond acceptors (Lipinski definition) is 0. The first-order valence-electron chi connectivity index (χ1n) is 6.32. The van der Waals surface area contributed by atoms with Crippen LogP contribution >= 0.6 is 0 Å². The third-order valence-electron chi connectivity index (χ3n) is 3.45. The number of benzene rings is 1. The van der Waals surface area contributed by atoms with E-state index in [9.17, 15) is 0 Å². The minimum absolute atomic E-state index is 0.438. The Balaban J connectivity index is 2.01. The van der Waals surface area contributed by atoms with Gasteiger partial charge in [-0.25, -0.2) is 0 Å². The predicted molar refractivity (Wildman–Crippen MR) is 72.0 cm³/mol. The van der Waals surface area contributed by atoms with Crippen molar-refractivity contribution < 1.29 is 0 Å². The van der Waals surface area contributed by atoms with Crippen LogP contribution in [0.5, 0.6) is 0 Å². The number of rotatable bonds is 3. The first-order chi connectivity index (χ1) is 8.40. The molecular formula is C16H17N. The molecule has 1 aromatic carbocycles. The topological polar surface area (TPSA) is 4.93 Å². The fourth-order valence-corrected chi connectivity index (χ4v) is 2.66. The van der Waals surface area contributed by atoms with Gasteiger partial charge >= 0.3 is 0 Å². The SMILES string of the molecule is CCCn1cccc1C1C=Cc2ccccc21. The lowest BCUT2D eigenvalue weighted by Gasteiger charge is -2.14. The lowest BCUT2D eigenvalue weighted by atomic mass is 9.97. The number of nitrogens with zero attached hydrogens (tertiary/aromatic N) is 1. The molecule has 0 saturated heterocycles. The molecule has 0 spiro atoms. The average Bonchev–Trinajstić information content (AvgIpc) is 2.95. The van der Waals surface area contributed by atoms with Gasteiger partial charge in [0.05, 0.1) is 0 Å². The molecule has 0 saturated carbocycles. The van der Waals surface area contributed by atoms with Gasteiger partial charge in [-0.2, -0.15) is 0 Å². The van der Waals surface area contributed by atoms with Crippen LogP contribution in [-0.4, -0.2) is 4.57 Å². The molecule has 1 atom stereocenters. The summed E-state index contributed by atoms with van der Waals surface area (Å²) in [6.07, 6.45) is 7.92. The lowest BCUT2D eigenvalue weighted by molar-refractivity contribution is 0.646. The second kappa shape index (κ2) is 4.25. The Morgan fingerprint density at radius 1 is 1.12 bits per heavy atom. The molecule has 1 nitrogen and oxygen atoms in total. The van der Waals surface area contributed by atoms with Crippen LogP contribution in [0.25, 0.3) is 6.08 Å². The van der Waals surface area contributed by atoms with Crippen LogP contribution in [0.2, 0.25) is 0 Å². The monoisotopic (exact) mass is 223 g/mol. The maximum atomic E-state index is 2.37. The summed E-state index contributed by atoms with van der Waals surface area (Å²) in [5.74, 6) is 0.438. The normalized spacial score (nSPS) is 17.4. The number of hydrogen-bond donors (Lipinski definition) is 0. The van der Waals surface area contributed by atoms with Gasteiger partial charge in [0.15, 0.2) is 0 Å². The Morgan fingerprint density at radius 2 is 2.00 bits per heavy atom. The molecule has 1 aliphatic carbocycles.